The van der Waals surface area contributed by atoms with Crippen LogP contribution in [0.5, 0.6) is 0 Å². The van der Waals surface area contributed by atoms with Crippen LogP contribution in [0.15, 0.2) is 97.2 Å². The quantitative estimate of drug-likeness (QED) is 0.0204. The molecule has 2 aliphatic rings. The van der Waals surface area contributed by atoms with Gasteiger partial charge in [-0.25, -0.2) is 0 Å². The number of aliphatic hydroxyl groups excluding tert-OH is 8. The second-order valence-electron chi connectivity index (χ2n) is 23.9. The van der Waals surface area contributed by atoms with E-state index < -0.39 is 86.8 Å². The van der Waals surface area contributed by atoms with Crippen molar-refractivity contribution in [3.8, 4) is 0 Å². The molecular weight excluding hydrogens is 1090 g/mol. The van der Waals surface area contributed by atoms with Crippen LogP contribution >= 0.6 is 0 Å². The number of allylic oxidation sites excluding steroid dienone is 15. The first-order valence-electron chi connectivity index (χ1n) is 34.5. The largest absolute Gasteiger partial charge is 0.394 e. The molecule has 0 bridgehead atoms. The highest BCUT2D eigenvalue weighted by Crippen LogP contribution is 2.30. The molecule has 2 aliphatic heterocycles. The number of ether oxygens (including phenoxy) is 4. The highest BCUT2D eigenvalue weighted by Gasteiger charge is 2.51. The Morgan fingerprint density at radius 2 is 0.802 bits per heavy atom. The summed E-state index contributed by atoms with van der Waals surface area (Å²) in [5, 5.41) is 87.3. The van der Waals surface area contributed by atoms with E-state index in [4.69, 9.17) is 18.9 Å². The number of amides is 1. The van der Waals surface area contributed by atoms with E-state index in [9.17, 15) is 45.6 Å². The van der Waals surface area contributed by atoms with Crippen molar-refractivity contribution in [1.29, 1.82) is 0 Å². The number of nitrogens with one attached hydrogen (secondary N) is 1. The maximum Gasteiger partial charge on any atom is 0.220 e. The fraction of sp³-hybridized carbons (Fsp3) is 0.764. The number of hydrogen-bond acceptors (Lipinski definition) is 13. The van der Waals surface area contributed by atoms with Crippen molar-refractivity contribution < 1.29 is 64.6 Å². The van der Waals surface area contributed by atoms with Crippen LogP contribution < -0.4 is 5.32 Å². The molecule has 0 aromatic rings. The van der Waals surface area contributed by atoms with Crippen LogP contribution in [-0.4, -0.2) is 140 Å². The lowest BCUT2D eigenvalue weighted by Gasteiger charge is -2.46. The topological polar surface area (TPSA) is 228 Å². The summed E-state index contributed by atoms with van der Waals surface area (Å²) in [5.41, 5.74) is 0. The van der Waals surface area contributed by atoms with E-state index in [0.717, 1.165) is 89.9 Å². The molecule has 2 heterocycles. The number of carbonyl (C=O) groups excluding carboxylic acids is 1. The first kappa shape index (κ1) is 79.0. The maximum atomic E-state index is 13.3. The lowest BCUT2D eigenvalue weighted by atomic mass is 9.97. The van der Waals surface area contributed by atoms with Gasteiger partial charge in [0.05, 0.1) is 32.0 Å². The van der Waals surface area contributed by atoms with Gasteiger partial charge in [-0.3, -0.25) is 4.79 Å². The van der Waals surface area contributed by atoms with Crippen LogP contribution in [0, 0.1) is 0 Å². The SMILES string of the molecule is CC/C=C\C/C=C\C/C=C\C/C=C\C/C=C\C/C=C\C/C=C\CCCCCCCCCCCCCCCC(=O)NC(COC1OC(CO)C(OC2OC(CO)C(O)C(O)C2O)C(O)C1O)C(O)/C=C/CCCCCCCCCCCCCCCCC. The normalized spacial score (nSPS) is 24.0. The van der Waals surface area contributed by atoms with Crippen molar-refractivity contribution >= 4 is 5.91 Å². The van der Waals surface area contributed by atoms with E-state index in [1.54, 1.807) is 6.08 Å². The summed E-state index contributed by atoms with van der Waals surface area (Å²) in [7, 11) is 0. The van der Waals surface area contributed by atoms with Gasteiger partial charge in [-0.15, -0.1) is 0 Å². The van der Waals surface area contributed by atoms with Gasteiger partial charge in [0, 0.05) is 6.42 Å². The molecule has 0 saturated carbocycles. The van der Waals surface area contributed by atoms with Crippen LogP contribution in [0.3, 0.4) is 0 Å². The summed E-state index contributed by atoms with van der Waals surface area (Å²) in [6.45, 7) is 2.69. The molecule has 14 heteroatoms. The number of rotatable bonds is 55. The van der Waals surface area contributed by atoms with Crippen molar-refractivity contribution in [3.63, 3.8) is 0 Å². The molecule has 2 rings (SSSR count). The summed E-state index contributed by atoms with van der Waals surface area (Å²) >= 11 is 0. The molecule has 0 aromatic carbocycles. The first-order valence-corrected chi connectivity index (χ1v) is 34.5. The molecule has 12 unspecified atom stereocenters. The third-order valence-corrected chi connectivity index (χ3v) is 16.3. The molecule has 9 N–H and O–H groups in total. The molecule has 2 fully saturated rings. The molecule has 1 amide bonds. The Balaban J connectivity index is 1.65. The summed E-state index contributed by atoms with van der Waals surface area (Å²) in [6, 6.07) is -0.921. The Bertz CT molecular complexity index is 1810. The Kier molecular flexibility index (Phi) is 51.4. The Hall–Kier alpha value is -3.09. The Morgan fingerprint density at radius 1 is 0.430 bits per heavy atom. The molecule has 0 aliphatic carbocycles. The van der Waals surface area contributed by atoms with Crippen LogP contribution in [0.1, 0.15) is 258 Å². The molecule has 12 atom stereocenters. The van der Waals surface area contributed by atoms with Crippen molar-refractivity contribution in [2.45, 2.75) is 331 Å². The molecule has 2 saturated heterocycles. The van der Waals surface area contributed by atoms with Gasteiger partial charge in [0.25, 0.3) is 0 Å². The Labute approximate surface area is 522 Å². The van der Waals surface area contributed by atoms with Gasteiger partial charge >= 0.3 is 0 Å². The predicted octanol–water partition coefficient (Wildman–Crippen LogP) is 13.8. The van der Waals surface area contributed by atoms with E-state index in [1.807, 2.05) is 6.08 Å². The standard InChI is InChI=1S/C72H125NO13/c1-3-5-7-9-11-13-15-17-19-21-22-23-24-25-26-27-28-29-30-31-32-33-34-35-36-37-38-40-42-44-46-48-50-52-54-56-64(77)73-60(61(76)55-53-51-49-47-45-43-41-39-20-18-16-14-12-10-8-6-4-2)59-83-71-69(82)67(80)70(63(58-75)85-71)86-72-68(81)66(79)65(78)62(57-74)84-72/h5,7,11,13,17,19,22-23,25-26,28-29,31-32,53,55,60-63,65-72,74-76,78-82H,3-4,6,8-10,12,14-16,18,20-21,24,27,30,33-52,54,56-59H2,1-2H3,(H,73,77)/b7-5-,13-11-,19-17-,23-22-,26-25-,29-28-,32-31-,55-53+. The van der Waals surface area contributed by atoms with Gasteiger partial charge in [0.2, 0.25) is 5.91 Å². The van der Waals surface area contributed by atoms with E-state index >= 15 is 0 Å². The summed E-state index contributed by atoms with van der Waals surface area (Å²) < 4.78 is 22.8. The summed E-state index contributed by atoms with van der Waals surface area (Å²) in [4.78, 5) is 13.3. The first-order chi connectivity index (χ1) is 42.1. The van der Waals surface area contributed by atoms with Crippen molar-refractivity contribution in [2.24, 2.45) is 0 Å². The second-order valence-corrected chi connectivity index (χ2v) is 23.9. The van der Waals surface area contributed by atoms with E-state index in [-0.39, 0.29) is 18.9 Å². The van der Waals surface area contributed by atoms with Gasteiger partial charge < -0.3 is 65.1 Å². The zero-order valence-electron chi connectivity index (χ0n) is 53.8. The van der Waals surface area contributed by atoms with Gasteiger partial charge in [-0.1, -0.05) is 272 Å². The van der Waals surface area contributed by atoms with E-state index in [0.29, 0.717) is 6.42 Å². The van der Waals surface area contributed by atoms with Gasteiger partial charge in [-0.05, 0) is 77.0 Å². The minimum absolute atomic E-state index is 0.242. The van der Waals surface area contributed by atoms with E-state index in [2.05, 4.69) is 104 Å². The third kappa shape index (κ3) is 39.8. The molecular formula is C72H125NO13. The van der Waals surface area contributed by atoms with Crippen molar-refractivity contribution in [1.82, 2.24) is 5.32 Å². The van der Waals surface area contributed by atoms with Crippen LogP contribution in [0.25, 0.3) is 0 Å². The average molecular weight is 1210 g/mol. The minimum Gasteiger partial charge on any atom is -0.394 e. The van der Waals surface area contributed by atoms with Gasteiger partial charge in [0.1, 0.15) is 48.8 Å². The van der Waals surface area contributed by atoms with Crippen LogP contribution in [0.4, 0.5) is 0 Å². The molecule has 86 heavy (non-hydrogen) atoms. The highest BCUT2D eigenvalue weighted by atomic mass is 16.7. The van der Waals surface area contributed by atoms with E-state index in [1.165, 1.54) is 141 Å². The third-order valence-electron chi connectivity index (χ3n) is 16.3. The zero-order valence-corrected chi connectivity index (χ0v) is 53.8. The fourth-order valence-corrected chi connectivity index (χ4v) is 10.8. The van der Waals surface area contributed by atoms with Crippen molar-refractivity contribution in [2.75, 3.05) is 19.8 Å². The lowest BCUT2D eigenvalue weighted by molar-refractivity contribution is -0.359. The maximum absolute atomic E-state index is 13.3. The zero-order chi connectivity index (χ0) is 62.3. The summed E-state index contributed by atoms with van der Waals surface area (Å²) in [5.74, 6) is -0.242. The highest BCUT2D eigenvalue weighted by molar-refractivity contribution is 5.76. The van der Waals surface area contributed by atoms with Crippen molar-refractivity contribution in [3.05, 3.63) is 97.2 Å². The minimum atomic E-state index is -1.79. The fourth-order valence-electron chi connectivity index (χ4n) is 10.8. The molecule has 0 aromatic heterocycles. The molecule has 14 nitrogen and oxygen atoms in total. The number of hydrogen-bond donors (Lipinski definition) is 9. The lowest BCUT2D eigenvalue weighted by Crippen LogP contribution is -2.65. The van der Waals surface area contributed by atoms with Gasteiger partial charge in [0.15, 0.2) is 12.6 Å². The second kappa shape index (κ2) is 55.9. The average Bonchev–Trinajstić information content (AvgIpc) is 2.46. The molecule has 0 spiro atoms. The predicted molar refractivity (Wildman–Crippen MR) is 350 cm³/mol. The Morgan fingerprint density at radius 3 is 1.23 bits per heavy atom. The smallest absolute Gasteiger partial charge is 0.220 e. The number of unbranched alkanes of at least 4 members (excludes halogenated alkanes) is 28. The molecule has 496 valence electrons. The van der Waals surface area contributed by atoms with Crippen LogP contribution in [0.2, 0.25) is 0 Å². The van der Waals surface area contributed by atoms with Crippen LogP contribution in [-0.2, 0) is 23.7 Å². The monoisotopic (exact) mass is 1210 g/mol. The molecule has 0 radical (unpaired) electrons. The van der Waals surface area contributed by atoms with Gasteiger partial charge in [-0.2, -0.15) is 0 Å². The number of carbonyl (C=O) groups is 1. The summed E-state index contributed by atoms with van der Waals surface area (Å²) in [6.07, 6.45) is 61.7. The number of aliphatic hydroxyl groups is 8.